The molecule has 53 heavy (non-hydrogen) atoms. The minimum atomic E-state index is -4.24. The molecule has 0 bridgehead atoms. The first-order chi connectivity index (χ1) is 25.8. The molecule has 0 saturated heterocycles. The summed E-state index contributed by atoms with van der Waals surface area (Å²) in [5, 5.41) is 3.25. The van der Waals surface area contributed by atoms with Gasteiger partial charge < -0.3 is 19.7 Å². The number of amides is 2. The SMILES string of the molecule is COc1cccc(CN(C(=O)CN(c2ccc(Oc3ccccc3)cc2)S(=O)(=O)c2ccccc2)[C@H](Cc2ccccc2)C(=O)NC2CCCCC2)c1. The molecule has 5 aromatic rings. The summed E-state index contributed by atoms with van der Waals surface area (Å²) in [5.74, 6) is 0.944. The van der Waals surface area contributed by atoms with Gasteiger partial charge in [-0.3, -0.25) is 13.9 Å². The van der Waals surface area contributed by atoms with Crippen LogP contribution in [0.4, 0.5) is 5.69 Å². The van der Waals surface area contributed by atoms with E-state index in [9.17, 15) is 18.0 Å². The molecule has 0 heterocycles. The summed E-state index contributed by atoms with van der Waals surface area (Å²) >= 11 is 0. The lowest BCUT2D eigenvalue weighted by Crippen LogP contribution is -2.55. The van der Waals surface area contributed by atoms with E-state index in [2.05, 4.69) is 5.32 Å². The van der Waals surface area contributed by atoms with Gasteiger partial charge in [-0.25, -0.2) is 8.42 Å². The van der Waals surface area contributed by atoms with Gasteiger partial charge in [-0.15, -0.1) is 0 Å². The topological polar surface area (TPSA) is 105 Å². The maximum atomic E-state index is 14.9. The van der Waals surface area contributed by atoms with Crippen molar-refractivity contribution in [2.45, 2.75) is 62.0 Å². The van der Waals surface area contributed by atoms with Gasteiger partial charge in [0.05, 0.1) is 17.7 Å². The first kappa shape index (κ1) is 37.2. The maximum absolute atomic E-state index is 14.9. The van der Waals surface area contributed by atoms with Crippen LogP contribution in [0.3, 0.4) is 0 Å². The molecular weight excluding hydrogens is 687 g/mol. The molecule has 0 spiro atoms. The molecule has 0 unspecified atom stereocenters. The van der Waals surface area contributed by atoms with E-state index in [-0.39, 0.29) is 35.5 Å². The smallest absolute Gasteiger partial charge is 0.264 e. The highest BCUT2D eigenvalue weighted by Gasteiger charge is 2.35. The Bertz CT molecular complexity index is 2040. The summed E-state index contributed by atoms with van der Waals surface area (Å²) in [5.41, 5.74) is 1.89. The van der Waals surface area contributed by atoms with Crippen LogP contribution in [-0.2, 0) is 32.6 Å². The highest BCUT2D eigenvalue weighted by atomic mass is 32.2. The lowest BCUT2D eigenvalue weighted by atomic mass is 9.94. The first-order valence-electron chi connectivity index (χ1n) is 18.0. The number of carbonyl (C=O) groups excluding carboxylic acids is 2. The van der Waals surface area contributed by atoms with Crippen molar-refractivity contribution >= 4 is 27.5 Å². The predicted octanol–water partition coefficient (Wildman–Crippen LogP) is 7.77. The summed E-state index contributed by atoms with van der Waals surface area (Å²) < 4.78 is 41.3. The van der Waals surface area contributed by atoms with Crippen LogP contribution in [-0.4, -0.2) is 50.9 Å². The molecule has 0 aromatic heterocycles. The average Bonchev–Trinajstić information content (AvgIpc) is 3.20. The van der Waals surface area contributed by atoms with Gasteiger partial charge in [0, 0.05) is 19.0 Å². The Morgan fingerprint density at radius 1 is 0.717 bits per heavy atom. The molecule has 6 rings (SSSR count). The molecule has 2 amide bonds. The van der Waals surface area contributed by atoms with Crippen LogP contribution in [0.25, 0.3) is 0 Å². The Labute approximate surface area is 312 Å². The Balaban J connectivity index is 1.38. The summed E-state index contributed by atoms with van der Waals surface area (Å²) in [6, 6.07) is 39.9. The number of benzene rings is 5. The quantitative estimate of drug-likeness (QED) is 0.118. The van der Waals surface area contributed by atoms with Crippen LogP contribution in [0.5, 0.6) is 17.2 Å². The third-order valence-electron chi connectivity index (χ3n) is 9.42. The highest BCUT2D eigenvalue weighted by molar-refractivity contribution is 7.92. The third-order valence-corrected chi connectivity index (χ3v) is 11.2. The summed E-state index contributed by atoms with van der Waals surface area (Å²) in [7, 11) is -2.67. The summed E-state index contributed by atoms with van der Waals surface area (Å²) in [6.07, 6.45) is 5.18. The zero-order chi connectivity index (χ0) is 37.0. The van der Waals surface area contributed by atoms with Crippen molar-refractivity contribution in [1.82, 2.24) is 10.2 Å². The van der Waals surface area contributed by atoms with Crippen LogP contribution in [0, 0.1) is 0 Å². The van der Waals surface area contributed by atoms with Gasteiger partial charge in [0.2, 0.25) is 11.8 Å². The van der Waals surface area contributed by atoms with Crippen molar-refractivity contribution in [3.05, 3.63) is 151 Å². The van der Waals surface area contributed by atoms with E-state index >= 15 is 0 Å². The normalized spacial score (nSPS) is 13.8. The number of para-hydroxylation sites is 1. The molecule has 5 aromatic carbocycles. The number of rotatable bonds is 15. The van der Waals surface area contributed by atoms with Crippen LogP contribution in [0.2, 0.25) is 0 Å². The minimum absolute atomic E-state index is 0.00914. The number of hydrogen-bond donors (Lipinski definition) is 1. The van der Waals surface area contributed by atoms with E-state index in [0.717, 1.165) is 47.5 Å². The molecule has 10 heteroatoms. The Morgan fingerprint density at radius 3 is 1.96 bits per heavy atom. The van der Waals surface area contributed by atoms with E-state index in [1.807, 2.05) is 84.9 Å². The third kappa shape index (κ3) is 9.84. The van der Waals surface area contributed by atoms with E-state index < -0.39 is 28.5 Å². The lowest BCUT2D eigenvalue weighted by molar-refractivity contribution is -0.140. The van der Waals surface area contributed by atoms with E-state index in [1.165, 1.54) is 17.0 Å². The lowest BCUT2D eigenvalue weighted by Gasteiger charge is -2.35. The monoisotopic (exact) mass is 731 g/mol. The number of nitrogens with one attached hydrogen (secondary N) is 1. The fraction of sp³-hybridized carbons (Fsp3) is 0.256. The second kappa shape index (κ2) is 17.7. The number of methoxy groups -OCH3 is 1. The fourth-order valence-corrected chi connectivity index (χ4v) is 8.05. The van der Waals surface area contributed by atoms with Crippen LogP contribution < -0.4 is 19.1 Å². The van der Waals surface area contributed by atoms with Gasteiger partial charge in [-0.2, -0.15) is 0 Å². The van der Waals surface area contributed by atoms with Gasteiger partial charge in [0.1, 0.15) is 29.8 Å². The average molecular weight is 732 g/mol. The zero-order valence-corrected chi connectivity index (χ0v) is 30.7. The van der Waals surface area contributed by atoms with Crippen molar-refractivity contribution in [2.75, 3.05) is 18.0 Å². The number of hydrogen-bond acceptors (Lipinski definition) is 6. The largest absolute Gasteiger partial charge is 0.497 e. The first-order valence-corrected chi connectivity index (χ1v) is 19.4. The van der Waals surface area contributed by atoms with Crippen LogP contribution >= 0.6 is 0 Å². The second-order valence-electron chi connectivity index (χ2n) is 13.2. The number of sulfonamides is 1. The number of anilines is 1. The molecule has 0 radical (unpaired) electrons. The molecule has 1 atom stereocenters. The van der Waals surface area contributed by atoms with Gasteiger partial charge in [-0.05, 0) is 84.6 Å². The molecule has 274 valence electrons. The zero-order valence-electron chi connectivity index (χ0n) is 29.8. The van der Waals surface area contributed by atoms with E-state index in [1.54, 1.807) is 49.6 Å². The van der Waals surface area contributed by atoms with Crippen LogP contribution in [0.15, 0.2) is 144 Å². The van der Waals surface area contributed by atoms with Crippen molar-refractivity contribution in [1.29, 1.82) is 0 Å². The van der Waals surface area contributed by atoms with Gasteiger partial charge in [0.25, 0.3) is 10.0 Å². The molecule has 0 aliphatic heterocycles. The second-order valence-corrected chi connectivity index (χ2v) is 15.0. The van der Waals surface area contributed by atoms with Crippen molar-refractivity contribution < 1.29 is 27.5 Å². The Morgan fingerprint density at radius 2 is 1.30 bits per heavy atom. The summed E-state index contributed by atoms with van der Waals surface area (Å²) in [6.45, 7) is -0.503. The molecule has 1 aliphatic rings. The molecule has 1 fully saturated rings. The predicted molar refractivity (Wildman–Crippen MR) is 206 cm³/mol. The van der Waals surface area contributed by atoms with Gasteiger partial charge in [0.15, 0.2) is 0 Å². The van der Waals surface area contributed by atoms with E-state index in [4.69, 9.17) is 9.47 Å². The van der Waals surface area contributed by atoms with Crippen molar-refractivity contribution in [2.24, 2.45) is 0 Å². The molecule has 1 aliphatic carbocycles. The van der Waals surface area contributed by atoms with E-state index in [0.29, 0.717) is 17.2 Å². The van der Waals surface area contributed by atoms with Gasteiger partial charge in [-0.1, -0.05) is 98.1 Å². The number of carbonyl (C=O) groups is 2. The fourth-order valence-electron chi connectivity index (χ4n) is 6.62. The highest BCUT2D eigenvalue weighted by Crippen LogP contribution is 2.29. The van der Waals surface area contributed by atoms with Crippen molar-refractivity contribution in [3.63, 3.8) is 0 Å². The standard InChI is InChI=1S/C43H45N3O6S/c1-51-39-22-14-17-34(29-39)31-45(41(30-33-15-6-2-7-16-33)43(48)44-35-18-8-3-9-19-35)42(47)32-46(53(49,50)40-23-12-5-13-24-40)36-25-27-38(28-26-36)52-37-20-10-4-11-21-37/h2,4-7,10-17,20-29,35,41H,3,8-9,18-19,30-32H2,1H3,(H,44,48)/t41-/m1/s1. The molecule has 1 N–H and O–H groups in total. The Hall–Kier alpha value is -5.61. The minimum Gasteiger partial charge on any atom is -0.497 e. The molecular formula is C43H45N3O6S. The van der Waals surface area contributed by atoms with Gasteiger partial charge >= 0.3 is 0 Å². The Kier molecular flexibility index (Phi) is 12.4. The summed E-state index contributed by atoms with van der Waals surface area (Å²) in [4.78, 5) is 30.8. The molecule has 9 nitrogen and oxygen atoms in total. The molecule has 1 saturated carbocycles. The van der Waals surface area contributed by atoms with Crippen molar-refractivity contribution in [3.8, 4) is 17.2 Å². The number of nitrogens with zero attached hydrogens (tertiary/aromatic N) is 2. The van der Waals surface area contributed by atoms with Crippen LogP contribution in [0.1, 0.15) is 43.2 Å². The maximum Gasteiger partial charge on any atom is 0.264 e. The number of ether oxygens (including phenoxy) is 2.